The first-order valence-corrected chi connectivity index (χ1v) is 10.7. The number of anilines is 1. The Hall–Kier alpha value is -3.39. The summed E-state index contributed by atoms with van der Waals surface area (Å²) in [4.78, 5) is 16.8. The van der Waals surface area contributed by atoms with Crippen molar-refractivity contribution in [1.29, 1.82) is 0 Å². The molecule has 8 heteroatoms. The number of amides is 1. The van der Waals surface area contributed by atoms with Crippen LogP contribution >= 0.6 is 0 Å². The summed E-state index contributed by atoms with van der Waals surface area (Å²) in [5.74, 6) is 1.07. The molecule has 1 N–H and O–H groups in total. The van der Waals surface area contributed by atoms with Crippen molar-refractivity contribution < 1.29 is 22.7 Å². The zero-order valence-corrected chi connectivity index (χ0v) is 16.8. The Balaban J connectivity index is 1.73. The maximum atomic E-state index is 12.6. The molecule has 0 atom stereocenters. The first-order chi connectivity index (χ1) is 13.8. The van der Waals surface area contributed by atoms with E-state index in [2.05, 4.69) is 10.3 Å². The molecule has 0 radical (unpaired) electrons. The Morgan fingerprint density at radius 1 is 1.00 bits per heavy atom. The second kappa shape index (κ2) is 8.74. The molecule has 3 rings (SSSR count). The van der Waals surface area contributed by atoms with E-state index in [4.69, 9.17) is 9.47 Å². The first kappa shape index (κ1) is 20.3. The molecular weight excluding hydrogens is 392 g/mol. The fourth-order valence-corrected chi connectivity index (χ4v) is 3.37. The van der Waals surface area contributed by atoms with Crippen molar-refractivity contribution in [3.63, 3.8) is 0 Å². The highest BCUT2D eigenvalue weighted by Crippen LogP contribution is 2.28. The fourth-order valence-electron chi connectivity index (χ4n) is 2.57. The zero-order chi connectivity index (χ0) is 20.9. The summed E-state index contributed by atoms with van der Waals surface area (Å²) in [6, 6.07) is 16.8. The Morgan fingerprint density at radius 2 is 1.66 bits per heavy atom. The van der Waals surface area contributed by atoms with Crippen LogP contribution in [0.25, 0.3) is 0 Å². The van der Waals surface area contributed by atoms with E-state index in [1.165, 1.54) is 6.26 Å². The summed E-state index contributed by atoms with van der Waals surface area (Å²) in [5.41, 5.74) is 1.42. The molecule has 1 amide bonds. The number of pyridine rings is 1. The van der Waals surface area contributed by atoms with Gasteiger partial charge in [-0.3, -0.25) is 4.79 Å². The molecule has 0 bridgehead atoms. The monoisotopic (exact) mass is 412 g/mol. The molecule has 1 heterocycles. The van der Waals surface area contributed by atoms with Gasteiger partial charge in [-0.05, 0) is 54.1 Å². The molecule has 0 saturated carbocycles. The van der Waals surface area contributed by atoms with Crippen LogP contribution in [0, 0.1) is 0 Å². The third kappa shape index (κ3) is 5.79. The van der Waals surface area contributed by atoms with Gasteiger partial charge < -0.3 is 14.8 Å². The van der Waals surface area contributed by atoms with Gasteiger partial charge in [0.1, 0.15) is 17.2 Å². The van der Waals surface area contributed by atoms with Crippen molar-refractivity contribution in [3.05, 3.63) is 78.0 Å². The van der Waals surface area contributed by atoms with E-state index in [1.54, 1.807) is 74.0 Å². The van der Waals surface area contributed by atoms with Crippen LogP contribution < -0.4 is 14.8 Å². The number of carbonyl (C=O) groups is 1. The Kier molecular flexibility index (Phi) is 6.13. The number of ether oxygens (including phenoxy) is 2. The van der Waals surface area contributed by atoms with Gasteiger partial charge in [0.25, 0.3) is 5.91 Å². The number of hydrogen-bond donors (Lipinski definition) is 1. The molecule has 0 fully saturated rings. The SMILES string of the molecule is COc1ccc(Oc2ncccc2NC(=O)c2ccc(CS(C)(=O)=O)cc2)cc1. The van der Waals surface area contributed by atoms with Gasteiger partial charge in [0.15, 0.2) is 9.84 Å². The average Bonchev–Trinajstić information content (AvgIpc) is 2.69. The minimum absolute atomic E-state index is 0.0721. The number of benzene rings is 2. The topological polar surface area (TPSA) is 94.6 Å². The molecular formula is C21H20N2O5S. The van der Waals surface area contributed by atoms with Crippen LogP contribution in [-0.2, 0) is 15.6 Å². The quantitative estimate of drug-likeness (QED) is 0.636. The molecule has 0 aliphatic carbocycles. The lowest BCUT2D eigenvalue weighted by atomic mass is 10.1. The largest absolute Gasteiger partial charge is 0.497 e. The van der Waals surface area contributed by atoms with Crippen molar-refractivity contribution in [2.75, 3.05) is 18.7 Å². The summed E-state index contributed by atoms with van der Waals surface area (Å²) in [6.45, 7) is 0. The first-order valence-electron chi connectivity index (χ1n) is 8.69. The molecule has 29 heavy (non-hydrogen) atoms. The molecule has 0 spiro atoms. The van der Waals surface area contributed by atoms with Gasteiger partial charge in [0.05, 0.1) is 12.9 Å². The molecule has 7 nitrogen and oxygen atoms in total. The van der Waals surface area contributed by atoms with Crippen LogP contribution in [0.4, 0.5) is 5.69 Å². The maximum absolute atomic E-state index is 12.6. The number of methoxy groups -OCH3 is 1. The second-order valence-electron chi connectivity index (χ2n) is 6.35. The zero-order valence-electron chi connectivity index (χ0n) is 16.0. The third-order valence-electron chi connectivity index (χ3n) is 3.94. The highest BCUT2D eigenvalue weighted by molar-refractivity contribution is 7.89. The summed E-state index contributed by atoms with van der Waals surface area (Å²) in [5, 5.41) is 2.77. The number of nitrogens with zero attached hydrogens (tertiary/aromatic N) is 1. The molecule has 0 aliphatic heterocycles. The van der Waals surface area contributed by atoms with Crippen LogP contribution in [0.15, 0.2) is 66.9 Å². The maximum Gasteiger partial charge on any atom is 0.255 e. The minimum Gasteiger partial charge on any atom is -0.497 e. The number of nitrogens with one attached hydrogen (secondary N) is 1. The molecule has 3 aromatic rings. The van der Waals surface area contributed by atoms with Crippen molar-refractivity contribution in [2.45, 2.75) is 5.75 Å². The summed E-state index contributed by atoms with van der Waals surface area (Å²) in [7, 11) is -1.55. The molecule has 150 valence electrons. The van der Waals surface area contributed by atoms with Crippen LogP contribution in [0.1, 0.15) is 15.9 Å². The van der Waals surface area contributed by atoms with Crippen LogP contribution in [0.3, 0.4) is 0 Å². The van der Waals surface area contributed by atoms with Gasteiger partial charge in [0.2, 0.25) is 5.88 Å². The average molecular weight is 412 g/mol. The van der Waals surface area contributed by atoms with Gasteiger partial charge in [-0.2, -0.15) is 0 Å². The predicted molar refractivity (Wildman–Crippen MR) is 110 cm³/mol. The number of sulfone groups is 1. The van der Waals surface area contributed by atoms with Crippen molar-refractivity contribution in [3.8, 4) is 17.4 Å². The van der Waals surface area contributed by atoms with E-state index in [9.17, 15) is 13.2 Å². The molecule has 0 saturated heterocycles. The molecule has 0 aliphatic rings. The van der Waals surface area contributed by atoms with E-state index in [0.717, 1.165) is 0 Å². The van der Waals surface area contributed by atoms with Crippen molar-refractivity contribution in [2.24, 2.45) is 0 Å². The summed E-state index contributed by atoms with van der Waals surface area (Å²) < 4.78 is 33.6. The van der Waals surface area contributed by atoms with E-state index < -0.39 is 9.84 Å². The van der Waals surface area contributed by atoms with Gasteiger partial charge in [-0.15, -0.1) is 0 Å². The van der Waals surface area contributed by atoms with Crippen LogP contribution in [0.5, 0.6) is 17.4 Å². The van der Waals surface area contributed by atoms with E-state index in [-0.39, 0.29) is 17.5 Å². The molecule has 2 aromatic carbocycles. The van der Waals surface area contributed by atoms with E-state index >= 15 is 0 Å². The minimum atomic E-state index is -3.13. The fraction of sp³-hybridized carbons (Fsp3) is 0.143. The number of hydrogen-bond acceptors (Lipinski definition) is 6. The van der Waals surface area contributed by atoms with E-state index in [1.807, 2.05) is 0 Å². The number of aromatic nitrogens is 1. The highest BCUT2D eigenvalue weighted by atomic mass is 32.2. The second-order valence-corrected chi connectivity index (χ2v) is 8.50. The Labute approximate surface area is 169 Å². The van der Waals surface area contributed by atoms with Crippen molar-refractivity contribution >= 4 is 21.4 Å². The van der Waals surface area contributed by atoms with Crippen LogP contribution in [0.2, 0.25) is 0 Å². The Morgan fingerprint density at radius 3 is 2.28 bits per heavy atom. The lowest BCUT2D eigenvalue weighted by Gasteiger charge is -2.11. The third-order valence-corrected chi connectivity index (χ3v) is 4.80. The van der Waals surface area contributed by atoms with Gasteiger partial charge in [-0.1, -0.05) is 12.1 Å². The Bertz CT molecular complexity index is 1090. The standard InChI is InChI=1S/C21H20N2O5S/c1-27-17-9-11-18(12-10-17)28-21-19(4-3-13-22-21)23-20(24)16-7-5-15(6-8-16)14-29(2,25)26/h3-13H,14H2,1-2H3,(H,23,24). The predicted octanol–water partition coefficient (Wildman–Crippen LogP) is 3.68. The lowest BCUT2D eigenvalue weighted by molar-refractivity contribution is 0.102. The van der Waals surface area contributed by atoms with E-state index in [0.29, 0.717) is 28.3 Å². The van der Waals surface area contributed by atoms with Gasteiger partial charge in [0, 0.05) is 18.0 Å². The molecule has 1 aromatic heterocycles. The summed E-state index contributed by atoms with van der Waals surface area (Å²) in [6.07, 6.45) is 2.73. The summed E-state index contributed by atoms with van der Waals surface area (Å²) >= 11 is 0. The lowest BCUT2D eigenvalue weighted by Crippen LogP contribution is -2.13. The van der Waals surface area contributed by atoms with Gasteiger partial charge in [-0.25, -0.2) is 13.4 Å². The smallest absolute Gasteiger partial charge is 0.255 e. The molecule has 0 unspecified atom stereocenters. The normalized spacial score (nSPS) is 11.0. The number of rotatable bonds is 7. The number of carbonyl (C=O) groups excluding carboxylic acids is 1. The van der Waals surface area contributed by atoms with Gasteiger partial charge >= 0.3 is 0 Å². The van der Waals surface area contributed by atoms with Crippen LogP contribution in [-0.4, -0.2) is 32.7 Å². The highest BCUT2D eigenvalue weighted by Gasteiger charge is 2.12. The van der Waals surface area contributed by atoms with Crippen molar-refractivity contribution in [1.82, 2.24) is 4.98 Å².